The van der Waals surface area contributed by atoms with E-state index in [1.165, 1.54) is 6.11 Å². The van der Waals surface area contributed by atoms with Gasteiger partial charge in [0.05, 0.1) is 0 Å². The fourth-order valence-corrected chi connectivity index (χ4v) is 0.212. The molecule has 0 fully saturated rings. The van der Waals surface area contributed by atoms with E-state index in [0.29, 0.717) is 0 Å². The molecular formula is C6H5FO3. The average Bonchev–Trinajstić information content (AvgIpc) is 1.88. The summed E-state index contributed by atoms with van der Waals surface area (Å²) < 4.78 is 15.8. The number of rotatable bonds is 2. The van der Waals surface area contributed by atoms with Crippen molar-refractivity contribution in [1.82, 2.24) is 0 Å². The average molecular weight is 144 g/mol. The maximum Gasteiger partial charge on any atom is 0.367 e. The Morgan fingerprint density at radius 1 is 1.80 bits per heavy atom. The highest BCUT2D eigenvalue weighted by Gasteiger charge is 2.04. The van der Waals surface area contributed by atoms with E-state index in [0.717, 1.165) is 0 Å². The first-order valence-corrected chi connectivity index (χ1v) is 2.32. The van der Waals surface area contributed by atoms with Crippen LogP contribution in [0.3, 0.4) is 0 Å². The number of hydrogen-bond acceptors (Lipinski definition) is 3. The maximum atomic E-state index is 11.7. The number of esters is 1. The molecule has 0 atom stereocenters. The molecule has 0 saturated heterocycles. The Kier molecular flexibility index (Phi) is 3.73. The summed E-state index contributed by atoms with van der Waals surface area (Å²) in [4.78, 5) is 10.2. The van der Waals surface area contributed by atoms with Crippen molar-refractivity contribution < 1.29 is 19.0 Å². The molecule has 0 heterocycles. The number of aliphatic hydroxyl groups excluding tert-OH is 1. The molecule has 0 aromatic carbocycles. The summed E-state index contributed by atoms with van der Waals surface area (Å²) >= 11 is 0. The van der Waals surface area contributed by atoms with Crippen molar-refractivity contribution in [3.05, 3.63) is 12.4 Å². The smallest absolute Gasteiger partial charge is 0.367 e. The molecule has 54 valence electrons. The number of halogens is 1. The van der Waals surface area contributed by atoms with Gasteiger partial charge in [0.1, 0.15) is 6.11 Å². The van der Waals surface area contributed by atoms with Gasteiger partial charge in [-0.25, -0.2) is 4.79 Å². The summed E-state index contributed by atoms with van der Waals surface area (Å²) in [5, 5.41) is 7.85. The van der Waals surface area contributed by atoms with E-state index in [9.17, 15) is 9.18 Å². The zero-order valence-electron chi connectivity index (χ0n) is 5.06. The van der Waals surface area contributed by atoms with E-state index in [1.807, 2.05) is 5.92 Å². The second kappa shape index (κ2) is 4.39. The molecule has 4 heteroatoms. The van der Waals surface area contributed by atoms with Gasteiger partial charge in [0.2, 0.25) is 5.83 Å². The number of carbonyl (C=O) groups excluding carboxylic acids is 1. The lowest BCUT2D eigenvalue weighted by molar-refractivity contribution is -0.139. The third-order valence-corrected chi connectivity index (χ3v) is 0.576. The lowest BCUT2D eigenvalue weighted by Crippen LogP contribution is -2.03. The molecule has 0 saturated carbocycles. The molecule has 10 heavy (non-hydrogen) atoms. The Morgan fingerprint density at radius 2 is 2.40 bits per heavy atom. The normalized spacial score (nSPS) is 7.30. The van der Waals surface area contributed by atoms with Crippen LogP contribution < -0.4 is 0 Å². The second-order valence-electron chi connectivity index (χ2n) is 1.27. The highest BCUT2D eigenvalue weighted by atomic mass is 19.1. The minimum Gasteiger partial charge on any atom is -0.462 e. The van der Waals surface area contributed by atoms with E-state index < -0.39 is 11.8 Å². The third-order valence-electron chi connectivity index (χ3n) is 0.576. The predicted molar refractivity (Wildman–Crippen MR) is 30.9 cm³/mol. The summed E-state index contributed by atoms with van der Waals surface area (Å²) in [7, 11) is 0. The van der Waals surface area contributed by atoms with E-state index in [1.54, 1.807) is 0 Å². The van der Waals surface area contributed by atoms with E-state index in [-0.39, 0.29) is 6.61 Å². The van der Waals surface area contributed by atoms with Gasteiger partial charge in [0, 0.05) is 0 Å². The standard InChI is InChI=1S/C6H5FO3/c1-5(7)6(9)10-4-2-3-8/h8H,1,4H2. The number of aliphatic hydroxyl groups is 1. The molecular weight excluding hydrogens is 139 g/mol. The van der Waals surface area contributed by atoms with Crippen molar-refractivity contribution in [1.29, 1.82) is 0 Å². The molecule has 0 aromatic rings. The van der Waals surface area contributed by atoms with Gasteiger partial charge in [-0.1, -0.05) is 6.58 Å². The molecule has 0 amide bonds. The molecule has 0 spiro atoms. The fourth-order valence-electron chi connectivity index (χ4n) is 0.212. The van der Waals surface area contributed by atoms with Gasteiger partial charge < -0.3 is 9.84 Å². The zero-order chi connectivity index (χ0) is 7.98. The van der Waals surface area contributed by atoms with Crippen molar-refractivity contribution >= 4 is 5.97 Å². The minimum atomic E-state index is -1.18. The second-order valence-corrected chi connectivity index (χ2v) is 1.27. The van der Waals surface area contributed by atoms with Crippen LogP contribution in [0.1, 0.15) is 0 Å². The van der Waals surface area contributed by atoms with Gasteiger partial charge in [0.25, 0.3) is 0 Å². The van der Waals surface area contributed by atoms with E-state index in [4.69, 9.17) is 5.11 Å². The van der Waals surface area contributed by atoms with Crippen LogP contribution >= 0.6 is 0 Å². The maximum absolute atomic E-state index is 11.7. The molecule has 0 aliphatic heterocycles. The highest BCUT2D eigenvalue weighted by Crippen LogP contribution is 1.93. The Morgan fingerprint density at radius 3 is 2.80 bits per heavy atom. The van der Waals surface area contributed by atoms with Crippen LogP contribution in [-0.4, -0.2) is 17.7 Å². The SMILES string of the molecule is C=C(F)C(=O)OCC#CO. The minimum absolute atomic E-state index is 0.335. The fraction of sp³-hybridized carbons (Fsp3) is 0.167. The summed E-state index contributed by atoms with van der Waals surface area (Å²) in [5.74, 6) is -0.356. The summed E-state index contributed by atoms with van der Waals surface area (Å²) in [6.45, 7) is 2.35. The van der Waals surface area contributed by atoms with Crippen molar-refractivity contribution in [3.63, 3.8) is 0 Å². The Labute approximate surface area is 57.1 Å². The molecule has 0 aromatic heterocycles. The Balaban J connectivity index is 3.57. The quantitative estimate of drug-likeness (QED) is 0.345. The Hall–Kier alpha value is -1.50. The van der Waals surface area contributed by atoms with Gasteiger partial charge in [-0.15, -0.1) is 0 Å². The summed E-state index contributed by atoms with van der Waals surface area (Å²) in [6, 6.07) is 0. The number of ether oxygens (including phenoxy) is 1. The number of carbonyl (C=O) groups is 1. The van der Waals surface area contributed by atoms with Crippen molar-refractivity contribution in [3.8, 4) is 12.0 Å². The van der Waals surface area contributed by atoms with Crippen LogP contribution in [0.25, 0.3) is 0 Å². The van der Waals surface area contributed by atoms with Gasteiger partial charge in [-0.2, -0.15) is 4.39 Å². The Bertz CT molecular complexity index is 199. The van der Waals surface area contributed by atoms with E-state index >= 15 is 0 Å². The molecule has 0 radical (unpaired) electrons. The van der Waals surface area contributed by atoms with Gasteiger partial charge in [0.15, 0.2) is 6.61 Å². The molecule has 0 rings (SSSR count). The van der Waals surface area contributed by atoms with Gasteiger partial charge >= 0.3 is 5.97 Å². The molecule has 1 N–H and O–H groups in total. The first-order chi connectivity index (χ1) is 4.68. The molecule has 0 bridgehead atoms. The zero-order valence-corrected chi connectivity index (χ0v) is 5.06. The first kappa shape index (κ1) is 8.50. The van der Waals surface area contributed by atoms with Crippen LogP contribution in [0, 0.1) is 12.0 Å². The van der Waals surface area contributed by atoms with Crippen molar-refractivity contribution in [2.24, 2.45) is 0 Å². The third kappa shape index (κ3) is 3.50. The van der Waals surface area contributed by atoms with Crippen LogP contribution in [0.4, 0.5) is 4.39 Å². The largest absolute Gasteiger partial charge is 0.462 e. The van der Waals surface area contributed by atoms with Crippen LogP contribution in [0.15, 0.2) is 12.4 Å². The molecule has 0 aliphatic rings. The summed E-state index contributed by atoms with van der Waals surface area (Å²) in [6.07, 6.45) is 1.48. The molecule has 0 aliphatic carbocycles. The first-order valence-electron chi connectivity index (χ1n) is 2.32. The monoisotopic (exact) mass is 144 g/mol. The van der Waals surface area contributed by atoms with E-state index in [2.05, 4.69) is 11.3 Å². The van der Waals surface area contributed by atoms with Crippen molar-refractivity contribution in [2.45, 2.75) is 0 Å². The van der Waals surface area contributed by atoms with Crippen LogP contribution in [0.5, 0.6) is 0 Å². The number of hydrogen-bond donors (Lipinski definition) is 1. The predicted octanol–water partition coefficient (Wildman–Crippen LogP) is 0.346. The lowest BCUT2D eigenvalue weighted by Gasteiger charge is -1.93. The topological polar surface area (TPSA) is 46.5 Å². The van der Waals surface area contributed by atoms with Gasteiger partial charge in [-0.3, -0.25) is 0 Å². The summed E-state index contributed by atoms with van der Waals surface area (Å²) in [5.41, 5.74) is 0. The lowest BCUT2D eigenvalue weighted by atomic mass is 10.6. The van der Waals surface area contributed by atoms with Crippen molar-refractivity contribution in [2.75, 3.05) is 6.61 Å². The highest BCUT2D eigenvalue weighted by molar-refractivity contribution is 5.85. The molecule has 0 unspecified atom stereocenters. The van der Waals surface area contributed by atoms with Crippen LogP contribution in [-0.2, 0) is 9.53 Å². The van der Waals surface area contributed by atoms with Gasteiger partial charge in [-0.05, 0) is 5.92 Å². The molecule has 3 nitrogen and oxygen atoms in total. The van der Waals surface area contributed by atoms with Crippen LogP contribution in [0.2, 0.25) is 0 Å².